The molecule has 2 heterocycles. The minimum Gasteiger partial charge on any atom is -0.352 e. The smallest absolute Gasteiger partial charge is 0.237 e. The van der Waals surface area contributed by atoms with Gasteiger partial charge in [-0.2, -0.15) is 0 Å². The normalized spacial score (nSPS) is 30.4. The van der Waals surface area contributed by atoms with E-state index >= 15 is 0 Å². The van der Waals surface area contributed by atoms with Crippen LogP contribution in [0.5, 0.6) is 0 Å². The van der Waals surface area contributed by atoms with Gasteiger partial charge in [0.1, 0.15) is 0 Å². The number of aromatic nitrogens is 2. The molecule has 1 fully saturated rings. The molecule has 5 heteroatoms. The predicted octanol–water partition coefficient (Wildman–Crippen LogP) is 1.51. The van der Waals surface area contributed by atoms with E-state index in [1.165, 1.54) is 19.3 Å². The first-order valence-corrected chi connectivity index (χ1v) is 7.77. The summed E-state index contributed by atoms with van der Waals surface area (Å²) in [6, 6.07) is 0.223. The van der Waals surface area contributed by atoms with Crippen LogP contribution in [0.15, 0.2) is 6.33 Å². The van der Waals surface area contributed by atoms with Crippen molar-refractivity contribution < 1.29 is 4.79 Å². The minimum absolute atomic E-state index is 0.133. The molecule has 0 radical (unpaired) electrons. The van der Waals surface area contributed by atoms with Crippen molar-refractivity contribution in [1.82, 2.24) is 20.6 Å². The van der Waals surface area contributed by atoms with E-state index < -0.39 is 0 Å². The van der Waals surface area contributed by atoms with Crippen LogP contribution in [0.2, 0.25) is 0 Å². The average molecular weight is 276 g/mol. The van der Waals surface area contributed by atoms with Crippen LogP contribution in [0.3, 0.4) is 0 Å². The number of carbonyl (C=O) groups excluding carboxylic acids is 1. The van der Waals surface area contributed by atoms with Gasteiger partial charge < -0.3 is 10.3 Å². The third kappa shape index (κ3) is 3.03. The Hall–Kier alpha value is -1.36. The SMILES string of the molecule is CC1CCCC(NC(=O)C2Cc3nc[nH]c3CN2)CC1. The second kappa shape index (κ2) is 5.95. The van der Waals surface area contributed by atoms with Crippen LogP contribution in [-0.2, 0) is 17.8 Å². The number of imidazole rings is 1. The van der Waals surface area contributed by atoms with E-state index in [1.807, 2.05) is 0 Å². The minimum atomic E-state index is -0.133. The molecular weight excluding hydrogens is 252 g/mol. The van der Waals surface area contributed by atoms with Crippen LogP contribution in [0.25, 0.3) is 0 Å². The lowest BCUT2D eigenvalue weighted by molar-refractivity contribution is -0.124. The second-order valence-electron chi connectivity index (χ2n) is 6.28. The first-order chi connectivity index (χ1) is 9.72. The molecule has 5 nitrogen and oxygen atoms in total. The largest absolute Gasteiger partial charge is 0.352 e. The number of nitrogens with zero attached hydrogens (tertiary/aromatic N) is 1. The van der Waals surface area contributed by atoms with Crippen LogP contribution in [0.4, 0.5) is 0 Å². The zero-order valence-electron chi connectivity index (χ0n) is 12.1. The average Bonchev–Trinajstić information content (AvgIpc) is 2.82. The highest BCUT2D eigenvalue weighted by atomic mass is 16.2. The van der Waals surface area contributed by atoms with Gasteiger partial charge in [-0.25, -0.2) is 4.98 Å². The van der Waals surface area contributed by atoms with Crippen molar-refractivity contribution in [3.05, 3.63) is 17.7 Å². The summed E-state index contributed by atoms with van der Waals surface area (Å²) in [6.45, 7) is 3.01. The summed E-state index contributed by atoms with van der Waals surface area (Å²) in [7, 11) is 0. The van der Waals surface area contributed by atoms with Gasteiger partial charge in [-0.05, 0) is 25.2 Å². The quantitative estimate of drug-likeness (QED) is 0.717. The number of aromatic amines is 1. The maximum absolute atomic E-state index is 12.4. The highest BCUT2D eigenvalue weighted by Crippen LogP contribution is 2.23. The zero-order valence-corrected chi connectivity index (χ0v) is 12.1. The first kappa shape index (κ1) is 13.6. The molecule has 0 aromatic carbocycles. The van der Waals surface area contributed by atoms with E-state index in [1.54, 1.807) is 6.33 Å². The molecule has 1 aromatic rings. The molecule has 1 aliphatic carbocycles. The van der Waals surface area contributed by atoms with Crippen molar-refractivity contribution in [1.29, 1.82) is 0 Å². The summed E-state index contributed by atoms with van der Waals surface area (Å²) in [5, 5.41) is 6.52. The van der Waals surface area contributed by atoms with E-state index in [4.69, 9.17) is 0 Å². The fourth-order valence-electron chi connectivity index (χ4n) is 3.29. The first-order valence-electron chi connectivity index (χ1n) is 7.77. The lowest BCUT2D eigenvalue weighted by atomic mass is 10.0. The van der Waals surface area contributed by atoms with E-state index in [2.05, 4.69) is 27.5 Å². The maximum Gasteiger partial charge on any atom is 0.237 e. The van der Waals surface area contributed by atoms with Gasteiger partial charge in [0, 0.05) is 19.0 Å². The highest BCUT2D eigenvalue weighted by Gasteiger charge is 2.27. The van der Waals surface area contributed by atoms with Crippen LogP contribution < -0.4 is 10.6 Å². The Morgan fingerprint density at radius 2 is 2.25 bits per heavy atom. The molecule has 20 heavy (non-hydrogen) atoms. The Morgan fingerprint density at radius 3 is 3.15 bits per heavy atom. The summed E-state index contributed by atoms with van der Waals surface area (Å²) >= 11 is 0. The number of nitrogens with one attached hydrogen (secondary N) is 3. The van der Waals surface area contributed by atoms with Gasteiger partial charge in [0.2, 0.25) is 5.91 Å². The fraction of sp³-hybridized carbons (Fsp3) is 0.733. The number of carbonyl (C=O) groups is 1. The van der Waals surface area contributed by atoms with E-state index in [0.717, 1.165) is 30.1 Å². The van der Waals surface area contributed by atoms with Crippen LogP contribution in [0, 0.1) is 5.92 Å². The second-order valence-corrected chi connectivity index (χ2v) is 6.28. The summed E-state index contributed by atoms with van der Waals surface area (Å²) in [5.74, 6) is 0.939. The molecule has 0 bridgehead atoms. The van der Waals surface area contributed by atoms with Crippen LogP contribution in [-0.4, -0.2) is 28.0 Å². The molecule has 1 aliphatic heterocycles. The third-order valence-electron chi connectivity index (χ3n) is 4.65. The van der Waals surface area contributed by atoms with Gasteiger partial charge >= 0.3 is 0 Å². The van der Waals surface area contributed by atoms with Gasteiger partial charge in [-0.3, -0.25) is 10.1 Å². The summed E-state index contributed by atoms with van der Waals surface area (Å²) in [5.41, 5.74) is 2.13. The molecule has 3 atom stereocenters. The summed E-state index contributed by atoms with van der Waals surface area (Å²) in [6.07, 6.45) is 8.39. The summed E-state index contributed by atoms with van der Waals surface area (Å²) < 4.78 is 0. The standard InChI is InChI=1S/C15H24N4O/c1-10-3-2-4-11(6-5-10)19-15(20)13-7-12-14(8-16-13)18-9-17-12/h9-11,13,16H,2-8H2,1H3,(H,17,18)(H,19,20). The molecule has 2 aliphatic rings. The molecule has 110 valence electrons. The fourth-order valence-corrected chi connectivity index (χ4v) is 3.29. The van der Waals surface area contributed by atoms with Gasteiger partial charge in [0.05, 0.1) is 23.8 Å². The van der Waals surface area contributed by atoms with Crippen molar-refractivity contribution in [2.75, 3.05) is 0 Å². The zero-order chi connectivity index (χ0) is 13.9. The lowest BCUT2D eigenvalue weighted by Crippen LogP contribution is -2.50. The van der Waals surface area contributed by atoms with Gasteiger partial charge in [0.25, 0.3) is 0 Å². The topological polar surface area (TPSA) is 69.8 Å². The number of hydrogen-bond acceptors (Lipinski definition) is 3. The van der Waals surface area contributed by atoms with Crippen molar-refractivity contribution >= 4 is 5.91 Å². The van der Waals surface area contributed by atoms with Crippen LogP contribution >= 0.6 is 0 Å². The number of H-pyrrole nitrogens is 1. The van der Waals surface area contributed by atoms with Crippen molar-refractivity contribution in [2.24, 2.45) is 5.92 Å². The van der Waals surface area contributed by atoms with Crippen molar-refractivity contribution in [3.8, 4) is 0 Å². The highest BCUT2D eigenvalue weighted by molar-refractivity contribution is 5.82. The molecule has 1 amide bonds. The molecular formula is C15H24N4O. The van der Waals surface area contributed by atoms with Gasteiger partial charge in [-0.1, -0.05) is 19.8 Å². The van der Waals surface area contributed by atoms with Crippen molar-refractivity contribution in [3.63, 3.8) is 0 Å². The molecule has 3 unspecified atom stereocenters. The predicted molar refractivity (Wildman–Crippen MR) is 77.1 cm³/mol. The Bertz CT molecular complexity index is 470. The molecule has 1 saturated carbocycles. The van der Waals surface area contributed by atoms with Gasteiger partial charge in [-0.15, -0.1) is 0 Å². The Balaban J connectivity index is 1.54. The number of hydrogen-bond donors (Lipinski definition) is 3. The van der Waals surface area contributed by atoms with E-state index in [9.17, 15) is 4.79 Å². The van der Waals surface area contributed by atoms with Gasteiger partial charge in [0.15, 0.2) is 0 Å². The molecule has 1 aromatic heterocycles. The molecule has 3 rings (SSSR count). The van der Waals surface area contributed by atoms with E-state index in [-0.39, 0.29) is 11.9 Å². The third-order valence-corrected chi connectivity index (χ3v) is 4.65. The molecule has 0 spiro atoms. The van der Waals surface area contributed by atoms with E-state index in [0.29, 0.717) is 19.0 Å². The van der Waals surface area contributed by atoms with Crippen LogP contribution in [0.1, 0.15) is 50.4 Å². The number of fused-ring (bicyclic) bond motifs is 1. The summed E-state index contributed by atoms with van der Waals surface area (Å²) in [4.78, 5) is 19.8. The number of amides is 1. The molecule has 0 saturated heterocycles. The lowest BCUT2D eigenvalue weighted by Gasteiger charge is -2.25. The maximum atomic E-state index is 12.4. The Kier molecular flexibility index (Phi) is 4.05. The Labute approximate surface area is 119 Å². The Morgan fingerprint density at radius 1 is 1.35 bits per heavy atom. The molecule has 3 N–H and O–H groups in total. The number of rotatable bonds is 2. The van der Waals surface area contributed by atoms with Crippen molar-refractivity contribution in [2.45, 2.75) is 64.1 Å². The monoisotopic (exact) mass is 276 g/mol.